The van der Waals surface area contributed by atoms with Gasteiger partial charge < -0.3 is 10.5 Å². The van der Waals surface area contributed by atoms with Crippen LogP contribution in [-0.4, -0.2) is 39.0 Å². The van der Waals surface area contributed by atoms with Gasteiger partial charge in [0.15, 0.2) is 0 Å². The number of hydrogen-bond donors (Lipinski definition) is 1. The highest BCUT2D eigenvalue weighted by molar-refractivity contribution is 9.11. The molecule has 8 heteroatoms. The Kier molecular flexibility index (Phi) is 6.46. The number of nitrogen functional groups attached to an aromatic ring is 1. The molecule has 114 valence electrons. The Hall–Kier alpha value is -0.150. The molecule has 20 heavy (non-hydrogen) atoms. The van der Waals surface area contributed by atoms with Gasteiger partial charge >= 0.3 is 0 Å². The lowest BCUT2D eigenvalue weighted by Gasteiger charge is -2.26. The molecule has 0 saturated heterocycles. The molecule has 0 aliphatic carbocycles. The number of anilines is 1. The SMILES string of the molecule is COCCN(C(C)C)S(=O)(=O)c1c(N)cc(Br)cc1Br. The fourth-order valence-corrected chi connectivity index (χ4v) is 5.45. The summed E-state index contributed by atoms with van der Waals surface area (Å²) in [5, 5.41) is 0. The molecular formula is C12H18Br2N2O3S. The molecule has 0 aliphatic rings. The van der Waals surface area contributed by atoms with Gasteiger partial charge in [0.1, 0.15) is 4.90 Å². The minimum absolute atomic E-state index is 0.0884. The summed E-state index contributed by atoms with van der Waals surface area (Å²) in [4.78, 5) is 0.0884. The van der Waals surface area contributed by atoms with E-state index in [9.17, 15) is 8.42 Å². The van der Waals surface area contributed by atoms with Crippen LogP contribution in [0.4, 0.5) is 5.69 Å². The number of nitrogens with zero attached hydrogens (tertiary/aromatic N) is 1. The third kappa shape index (κ3) is 3.94. The van der Waals surface area contributed by atoms with E-state index in [1.54, 1.807) is 12.1 Å². The van der Waals surface area contributed by atoms with Crippen molar-refractivity contribution in [1.29, 1.82) is 0 Å². The zero-order valence-electron chi connectivity index (χ0n) is 11.6. The first kappa shape index (κ1) is 17.9. The van der Waals surface area contributed by atoms with Gasteiger partial charge in [0.2, 0.25) is 10.0 Å². The summed E-state index contributed by atoms with van der Waals surface area (Å²) in [7, 11) is -2.15. The van der Waals surface area contributed by atoms with E-state index in [0.717, 1.165) is 0 Å². The van der Waals surface area contributed by atoms with Crippen LogP contribution in [0, 0.1) is 0 Å². The van der Waals surface area contributed by atoms with E-state index >= 15 is 0 Å². The molecule has 1 aromatic carbocycles. The second-order valence-corrected chi connectivity index (χ2v) is 8.11. The van der Waals surface area contributed by atoms with E-state index < -0.39 is 10.0 Å². The summed E-state index contributed by atoms with van der Waals surface area (Å²) in [5.74, 6) is 0. The molecule has 0 saturated carbocycles. The number of nitrogens with two attached hydrogens (primary N) is 1. The molecule has 0 aliphatic heterocycles. The first-order valence-electron chi connectivity index (χ1n) is 5.97. The minimum atomic E-state index is -3.69. The molecule has 0 heterocycles. The van der Waals surface area contributed by atoms with Crippen LogP contribution in [0.2, 0.25) is 0 Å². The van der Waals surface area contributed by atoms with E-state index in [4.69, 9.17) is 10.5 Å². The predicted molar refractivity (Wildman–Crippen MR) is 87.2 cm³/mol. The fourth-order valence-electron chi connectivity index (χ4n) is 1.81. The lowest BCUT2D eigenvalue weighted by atomic mass is 10.3. The number of benzene rings is 1. The van der Waals surface area contributed by atoms with E-state index in [2.05, 4.69) is 31.9 Å². The Morgan fingerprint density at radius 1 is 1.35 bits per heavy atom. The van der Waals surface area contributed by atoms with Crippen molar-refractivity contribution in [1.82, 2.24) is 4.31 Å². The largest absolute Gasteiger partial charge is 0.398 e. The lowest BCUT2D eigenvalue weighted by Crippen LogP contribution is -2.39. The molecule has 0 atom stereocenters. The summed E-state index contributed by atoms with van der Waals surface area (Å²) in [6.07, 6.45) is 0. The third-order valence-corrected chi connectivity index (χ3v) is 6.23. The molecule has 5 nitrogen and oxygen atoms in total. The summed E-state index contributed by atoms with van der Waals surface area (Å²) < 4.78 is 33.1. The standard InChI is InChI=1S/C12H18Br2N2O3S/c1-8(2)16(4-5-19-3)20(17,18)12-10(14)6-9(13)7-11(12)15/h6-8H,4-5,15H2,1-3H3. The van der Waals surface area contributed by atoms with Crippen LogP contribution < -0.4 is 5.73 Å². The normalized spacial score (nSPS) is 12.3. The van der Waals surface area contributed by atoms with Gasteiger partial charge in [-0.1, -0.05) is 15.9 Å². The quantitative estimate of drug-likeness (QED) is 0.705. The molecule has 0 fully saturated rings. The van der Waals surface area contributed by atoms with E-state index in [1.165, 1.54) is 11.4 Å². The highest BCUT2D eigenvalue weighted by Gasteiger charge is 2.30. The summed E-state index contributed by atoms with van der Waals surface area (Å²) in [5.41, 5.74) is 6.08. The van der Waals surface area contributed by atoms with Crippen molar-refractivity contribution in [2.45, 2.75) is 24.8 Å². The van der Waals surface area contributed by atoms with Gasteiger partial charge in [-0.15, -0.1) is 0 Å². The molecule has 0 unspecified atom stereocenters. The van der Waals surface area contributed by atoms with Crippen LogP contribution >= 0.6 is 31.9 Å². The summed E-state index contributed by atoms with van der Waals surface area (Å²) >= 11 is 6.56. The van der Waals surface area contributed by atoms with Crippen LogP contribution in [0.3, 0.4) is 0 Å². The van der Waals surface area contributed by atoms with Crippen LogP contribution in [0.25, 0.3) is 0 Å². The number of halogens is 2. The number of ether oxygens (including phenoxy) is 1. The van der Waals surface area contributed by atoms with Crippen LogP contribution in [0.1, 0.15) is 13.8 Å². The monoisotopic (exact) mass is 428 g/mol. The number of sulfonamides is 1. The minimum Gasteiger partial charge on any atom is -0.398 e. The van der Waals surface area contributed by atoms with Gasteiger partial charge in [0.05, 0.1) is 12.3 Å². The van der Waals surface area contributed by atoms with Crippen molar-refractivity contribution in [3.8, 4) is 0 Å². The molecule has 1 aromatic rings. The lowest BCUT2D eigenvalue weighted by molar-refractivity contribution is 0.171. The Morgan fingerprint density at radius 2 is 1.95 bits per heavy atom. The van der Waals surface area contributed by atoms with E-state index in [1.807, 2.05) is 13.8 Å². The molecule has 0 aromatic heterocycles. The maximum absolute atomic E-state index is 12.8. The third-order valence-electron chi connectivity index (χ3n) is 2.70. The Labute approximate surface area is 136 Å². The van der Waals surface area contributed by atoms with E-state index in [0.29, 0.717) is 15.6 Å². The number of rotatable bonds is 6. The highest BCUT2D eigenvalue weighted by atomic mass is 79.9. The molecule has 0 radical (unpaired) electrons. The molecule has 0 amide bonds. The topological polar surface area (TPSA) is 72.6 Å². The molecular weight excluding hydrogens is 412 g/mol. The average Bonchev–Trinajstić information content (AvgIpc) is 2.26. The van der Waals surface area contributed by atoms with Crippen molar-refractivity contribution < 1.29 is 13.2 Å². The second kappa shape index (κ2) is 7.22. The average molecular weight is 430 g/mol. The Morgan fingerprint density at radius 3 is 2.40 bits per heavy atom. The van der Waals surface area contributed by atoms with Crippen molar-refractivity contribution in [3.05, 3.63) is 21.1 Å². The molecule has 2 N–H and O–H groups in total. The predicted octanol–water partition coefficient (Wildman–Crippen LogP) is 2.84. The van der Waals surface area contributed by atoms with Crippen LogP contribution in [0.5, 0.6) is 0 Å². The maximum atomic E-state index is 12.8. The molecule has 1 rings (SSSR count). The molecule has 0 bridgehead atoms. The highest BCUT2D eigenvalue weighted by Crippen LogP contribution is 2.34. The maximum Gasteiger partial charge on any atom is 0.246 e. The van der Waals surface area contributed by atoms with Crippen molar-refractivity contribution in [2.24, 2.45) is 0 Å². The van der Waals surface area contributed by atoms with Gasteiger partial charge in [-0.3, -0.25) is 0 Å². The number of hydrogen-bond acceptors (Lipinski definition) is 4. The zero-order valence-corrected chi connectivity index (χ0v) is 15.5. The first-order valence-corrected chi connectivity index (χ1v) is 8.99. The van der Waals surface area contributed by atoms with Gasteiger partial charge in [0, 0.05) is 28.6 Å². The Balaban J connectivity index is 3.34. The van der Waals surface area contributed by atoms with Gasteiger partial charge in [-0.25, -0.2) is 8.42 Å². The zero-order chi connectivity index (χ0) is 15.5. The van der Waals surface area contributed by atoms with Crippen LogP contribution in [0.15, 0.2) is 26.0 Å². The van der Waals surface area contributed by atoms with Crippen molar-refractivity contribution in [2.75, 3.05) is 26.0 Å². The first-order chi connectivity index (χ1) is 9.21. The summed E-state index contributed by atoms with van der Waals surface area (Å²) in [6, 6.07) is 3.05. The van der Waals surface area contributed by atoms with Gasteiger partial charge in [-0.05, 0) is 41.9 Å². The van der Waals surface area contributed by atoms with E-state index in [-0.39, 0.29) is 23.2 Å². The fraction of sp³-hybridized carbons (Fsp3) is 0.500. The van der Waals surface area contributed by atoms with Gasteiger partial charge in [-0.2, -0.15) is 4.31 Å². The van der Waals surface area contributed by atoms with Crippen LogP contribution in [-0.2, 0) is 14.8 Å². The Bertz CT molecular complexity index is 553. The van der Waals surface area contributed by atoms with Crippen molar-refractivity contribution >= 4 is 47.6 Å². The van der Waals surface area contributed by atoms with Gasteiger partial charge in [0.25, 0.3) is 0 Å². The summed E-state index contributed by atoms with van der Waals surface area (Å²) in [6.45, 7) is 4.23. The second-order valence-electron chi connectivity index (χ2n) is 4.51. The number of methoxy groups -OCH3 is 1. The molecule has 0 spiro atoms. The smallest absolute Gasteiger partial charge is 0.246 e. The van der Waals surface area contributed by atoms with Crippen molar-refractivity contribution in [3.63, 3.8) is 0 Å².